The lowest BCUT2D eigenvalue weighted by Crippen LogP contribution is -2.20. The molecule has 1 fully saturated rings. The fourth-order valence-corrected chi connectivity index (χ4v) is 2.93. The molecule has 1 atom stereocenters. The molecule has 0 radical (unpaired) electrons. The monoisotopic (exact) mass is 248 g/mol. The van der Waals surface area contributed by atoms with Crippen molar-refractivity contribution in [1.82, 2.24) is 19.9 Å². The van der Waals surface area contributed by atoms with Crippen molar-refractivity contribution >= 4 is 11.3 Å². The lowest BCUT2D eigenvalue weighted by Gasteiger charge is -2.13. The van der Waals surface area contributed by atoms with E-state index in [-0.39, 0.29) is 0 Å². The Labute approximate surface area is 105 Å². The number of hydrogen-bond donors (Lipinski definition) is 1. The van der Waals surface area contributed by atoms with Crippen LogP contribution in [0.5, 0.6) is 0 Å². The maximum atomic E-state index is 4.43. The molecule has 0 amide bonds. The van der Waals surface area contributed by atoms with Crippen molar-refractivity contribution < 1.29 is 0 Å². The molecule has 17 heavy (non-hydrogen) atoms. The van der Waals surface area contributed by atoms with Gasteiger partial charge in [0.1, 0.15) is 5.82 Å². The van der Waals surface area contributed by atoms with Crippen LogP contribution in [0.1, 0.15) is 29.6 Å². The van der Waals surface area contributed by atoms with Gasteiger partial charge in [0, 0.05) is 36.3 Å². The standard InChI is InChI=1S/C12H16N4S/c1-9-4-13-12(15-9)10-2-3-16(5-10)6-11-7-17-8-14-11/h4,7-8,10H,2-3,5-6H2,1H3,(H,13,15)/t10-/m0/s1. The molecule has 3 heterocycles. The van der Waals surface area contributed by atoms with Gasteiger partial charge in [0.05, 0.1) is 11.2 Å². The molecule has 2 aromatic heterocycles. The molecular weight excluding hydrogens is 232 g/mol. The van der Waals surface area contributed by atoms with Crippen molar-refractivity contribution in [2.75, 3.05) is 13.1 Å². The second-order valence-corrected chi connectivity index (χ2v) is 5.37. The molecule has 3 rings (SSSR count). The Balaban J connectivity index is 1.62. The summed E-state index contributed by atoms with van der Waals surface area (Å²) in [5, 5.41) is 2.13. The van der Waals surface area contributed by atoms with E-state index in [9.17, 15) is 0 Å². The maximum Gasteiger partial charge on any atom is 0.110 e. The van der Waals surface area contributed by atoms with E-state index in [4.69, 9.17) is 0 Å². The zero-order chi connectivity index (χ0) is 11.7. The Morgan fingerprint density at radius 2 is 2.47 bits per heavy atom. The predicted octanol–water partition coefficient (Wildman–Crippen LogP) is 2.16. The smallest absolute Gasteiger partial charge is 0.110 e. The number of hydrogen-bond acceptors (Lipinski definition) is 4. The predicted molar refractivity (Wildman–Crippen MR) is 68.1 cm³/mol. The van der Waals surface area contributed by atoms with Crippen LogP contribution in [0.4, 0.5) is 0 Å². The van der Waals surface area contributed by atoms with Crippen molar-refractivity contribution in [3.63, 3.8) is 0 Å². The minimum absolute atomic E-state index is 0.558. The summed E-state index contributed by atoms with van der Waals surface area (Å²) in [5.41, 5.74) is 4.24. The van der Waals surface area contributed by atoms with E-state index >= 15 is 0 Å². The van der Waals surface area contributed by atoms with Crippen molar-refractivity contribution in [3.8, 4) is 0 Å². The van der Waals surface area contributed by atoms with Crippen LogP contribution in [0.25, 0.3) is 0 Å². The molecule has 1 saturated heterocycles. The molecule has 0 bridgehead atoms. The highest BCUT2D eigenvalue weighted by molar-refractivity contribution is 7.07. The third-order valence-electron chi connectivity index (χ3n) is 3.25. The number of nitrogens with one attached hydrogen (secondary N) is 1. The molecule has 1 N–H and O–H groups in total. The summed E-state index contributed by atoms with van der Waals surface area (Å²) in [4.78, 5) is 14.6. The first-order valence-electron chi connectivity index (χ1n) is 5.92. The Bertz CT molecular complexity index is 476. The number of likely N-dealkylation sites (tertiary alicyclic amines) is 1. The van der Waals surface area contributed by atoms with Crippen LogP contribution in [0.2, 0.25) is 0 Å². The minimum Gasteiger partial charge on any atom is -0.346 e. The molecule has 0 spiro atoms. The van der Waals surface area contributed by atoms with Gasteiger partial charge in [-0.05, 0) is 19.9 Å². The van der Waals surface area contributed by atoms with Gasteiger partial charge in [-0.25, -0.2) is 9.97 Å². The van der Waals surface area contributed by atoms with E-state index in [1.165, 1.54) is 12.1 Å². The molecule has 0 unspecified atom stereocenters. The van der Waals surface area contributed by atoms with Crippen LogP contribution in [0.3, 0.4) is 0 Å². The van der Waals surface area contributed by atoms with E-state index in [1.807, 2.05) is 11.7 Å². The largest absolute Gasteiger partial charge is 0.346 e. The SMILES string of the molecule is Cc1cnc([C@H]2CCN(Cc3cscn3)C2)[nH]1. The van der Waals surface area contributed by atoms with Gasteiger partial charge in [0.2, 0.25) is 0 Å². The number of nitrogens with zero attached hydrogens (tertiary/aromatic N) is 3. The summed E-state index contributed by atoms with van der Waals surface area (Å²) in [7, 11) is 0. The van der Waals surface area contributed by atoms with Gasteiger partial charge in [-0.1, -0.05) is 0 Å². The van der Waals surface area contributed by atoms with Crippen LogP contribution in [0, 0.1) is 6.92 Å². The Morgan fingerprint density at radius 3 is 3.18 bits per heavy atom. The normalized spacial score (nSPS) is 21.1. The Hall–Kier alpha value is -1.20. The van der Waals surface area contributed by atoms with Gasteiger partial charge in [-0.3, -0.25) is 4.90 Å². The van der Waals surface area contributed by atoms with Crippen LogP contribution < -0.4 is 0 Å². The highest BCUT2D eigenvalue weighted by atomic mass is 32.1. The molecule has 4 nitrogen and oxygen atoms in total. The van der Waals surface area contributed by atoms with Crippen LogP contribution >= 0.6 is 11.3 Å². The fraction of sp³-hybridized carbons (Fsp3) is 0.500. The van der Waals surface area contributed by atoms with Gasteiger partial charge in [-0.2, -0.15) is 0 Å². The molecule has 1 aliphatic heterocycles. The third kappa shape index (κ3) is 2.40. The van der Waals surface area contributed by atoms with E-state index in [0.717, 1.165) is 31.2 Å². The Kier molecular flexibility index (Phi) is 2.94. The average Bonchev–Trinajstić information content (AvgIpc) is 2.99. The van der Waals surface area contributed by atoms with Gasteiger partial charge in [-0.15, -0.1) is 11.3 Å². The number of thiazole rings is 1. The van der Waals surface area contributed by atoms with E-state index < -0.39 is 0 Å². The number of aromatic amines is 1. The lowest BCUT2D eigenvalue weighted by molar-refractivity contribution is 0.322. The highest BCUT2D eigenvalue weighted by Crippen LogP contribution is 2.26. The van der Waals surface area contributed by atoms with Crippen LogP contribution in [-0.4, -0.2) is 32.9 Å². The lowest BCUT2D eigenvalue weighted by atomic mass is 10.1. The summed E-state index contributed by atoms with van der Waals surface area (Å²) >= 11 is 1.67. The topological polar surface area (TPSA) is 44.8 Å². The summed E-state index contributed by atoms with van der Waals surface area (Å²) in [6, 6.07) is 0. The number of H-pyrrole nitrogens is 1. The van der Waals surface area contributed by atoms with Gasteiger partial charge in [0.15, 0.2) is 0 Å². The van der Waals surface area contributed by atoms with Gasteiger partial charge in [0.25, 0.3) is 0 Å². The van der Waals surface area contributed by atoms with E-state index in [2.05, 4.69) is 32.2 Å². The van der Waals surface area contributed by atoms with Crippen molar-refractivity contribution in [1.29, 1.82) is 0 Å². The first-order valence-corrected chi connectivity index (χ1v) is 6.86. The molecule has 90 valence electrons. The fourth-order valence-electron chi connectivity index (χ4n) is 2.38. The Morgan fingerprint density at radius 1 is 1.53 bits per heavy atom. The minimum atomic E-state index is 0.558. The number of aromatic nitrogens is 3. The summed E-state index contributed by atoms with van der Waals surface area (Å²) in [6.07, 6.45) is 3.11. The molecule has 0 saturated carbocycles. The van der Waals surface area contributed by atoms with Gasteiger partial charge < -0.3 is 4.98 Å². The number of rotatable bonds is 3. The second-order valence-electron chi connectivity index (χ2n) is 4.65. The first-order chi connectivity index (χ1) is 8.31. The summed E-state index contributed by atoms with van der Waals surface area (Å²) < 4.78 is 0. The van der Waals surface area contributed by atoms with Crippen LogP contribution in [-0.2, 0) is 6.54 Å². The molecule has 5 heteroatoms. The molecule has 2 aromatic rings. The second kappa shape index (κ2) is 4.58. The molecular formula is C12H16N4S. The summed E-state index contributed by atoms with van der Waals surface area (Å²) in [6.45, 7) is 5.25. The molecule has 1 aliphatic rings. The molecule has 0 aromatic carbocycles. The first kappa shape index (κ1) is 10.9. The van der Waals surface area contributed by atoms with Crippen molar-refractivity contribution in [2.45, 2.75) is 25.8 Å². The third-order valence-corrected chi connectivity index (χ3v) is 3.89. The maximum absolute atomic E-state index is 4.43. The zero-order valence-electron chi connectivity index (χ0n) is 9.89. The zero-order valence-corrected chi connectivity index (χ0v) is 10.7. The average molecular weight is 248 g/mol. The van der Waals surface area contributed by atoms with Crippen molar-refractivity contribution in [3.05, 3.63) is 34.3 Å². The van der Waals surface area contributed by atoms with Crippen LogP contribution in [0.15, 0.2) is 17.1 Å². The number of aryl methyl sites for hydroxylation is 1. The van der Waals surface area contributed by atoms with Gasteiger partial charge >= 0.3 is 0 Å². The van der Waals surface area contributed by atoms with E-state index in [0.29, 0.717) is 5.92 Å². The van der Waals surface area contributed by atoms with Crippen molar-refractivity contribution in [2.24, 2.45) is 0 Å². The van der Waals surface area contributed by atoms with E-state index in [1.54, 1.807) is 11.3 Å². The summed E-state index contributed by atoms with van der Waals surface area (Å²) in [5.74, 6) is 1.70. The quantitative estimate of drug-likeness (QED) is 0.905. The molecule has 0 aliphatic carbocycles. The number of imidazole rings is 1. The highest BCUT2D eigenvalue weighted by Gasteiger charge is 2.25.